The van der Waals surface area contributed by atoms with Crippen LogP contribution in [-0.4, -0.2) is 35.7 Å². The monoisotopic (exact) mass is 205 g/mol. The molecule has 1 heterocycles. The van der Waals surface area contributed by atoms with Gasteiger partial charge in [0.15, 0.2) is 0 Å². The zero-order valence-electron chi connectivity index (χ0n) is 9.20. The quantitative estimate of drug-likeness (QED) is 0.616. The molecule has 0 unspecified atom stereocenters. The van der Waals surface area contributed by atoms with Crippen molar-refractivity contribution in [1.82, 2.24) is 4.90 Å². The van der Waals surface area contributed by atoms with E-state index in [9.17, 15) is 0 Å². The van der Waals surface area contributed by atoms with Gasteiger partial charge in [-0.25, -0.2) is 0 Å². The molecule has 15 heavy (non-hydrogen) atoms. The van der Waals surface area contributed by atoms with E-state index in [-0.39, 0.29) is 0 Å². The molecule has 3 nitrogen and oxygen atoms in total. The van der Waals surface area contributed by atoms with Crippen molar-refractivity contribution in [2.45, 2.75) is 19.9 Å². The smallest absolute Gasteiger partial charge is 0.423 e. The second kappa shape index (κ2) is 3.97. The summed E-state index contributed by atoms with van der Waals surface area (Å²) >= 11 is 0. The Morgan fingerprint density at radius 1 is 1.33 bits per heavy atom. The van der Waals surface area contributed by atoms with Gasteiger partial charge in [-0.3, -0.25) is 0 Å². The molecule has 0 saturated heterocycles. The van der Waals surface area contributed by atoms with Crippen LogP contribution in [0.25, 0.3) is 0 Å². The largest absolute Gasteiger partial charge is 0.488 e. The fourth-order valence-corrected chi connectivity index (χ4v) is 2.24. The third-order valence-corrected chi connectivity index (χ3v) is 3.07. The van der Waals surface area contributed by atoms with Gasteiger partial charge in [-0.05, 0) is 42.5 Å². The molecule has 0 saturated carbocycles. The Balaban J connectivity index is 2.44. The molecule has 0 bridgehead atoms. The van der Waals surface area contributed by atoms with Crippen LogP contribution < -0.4 is 5.46 Å². The van der Waals surface area contributed by atoms with E-state index in [2.05, 4.69) is 11.9 Å². The van der Waals surface area contributed by atoms with Crippen molar-refractivity contribution >= 4 is 12.6 Å². The predicted molar refractivity (Wildman–Crippen MR) is 61.0 cm³/mol. The van der Waals surface area contributed by atoms with E-state index >= 15 is 0 Å². The Bertz CT molecular complexity index is 379. The van der Waals surface area contributed by atoms with Crippen LogP contribution >= 0.6 is 0 Å². The zero-order chi connectivity index (χ0) is 11.0. The number of hydrogen-bond donors (Lipinski definition) is 2. The first-order valence-corrected chi connectivity index (χ1v) is 5.25. The summed E-state index contributed by atoms with van der Waals surface area (Å²) in [7, 11) is 0.724. The molecule has 80 valence electrons. The van der Waals surface area contributed by atoms with E-state index in [4.69, 9.17) is 10.0 Å². The molecule has 0 radical (unpaired) electrons. The summed E-state index contributed by atoms with van der Waals surface area (Å²) in [6, 6.07) is 3.78. The van der Waals surface area contributed by atoms with Crippen LogP contribution in [0.5, 0.6) is 0 Å². The minimum Gasteiger partial charge on any atom is -0.423 e. The van der Waals surface area contributed by atoms with E-state index in [1.54, 1.807) is 0 Å². The lowest BCUT2D eigenvalue weighted by atomic mass is 9.77. The lowest BCUT2D eigenvalue weighted by molar-refractivity contribution is 0.312. The van der Waals surface area contributed by atoms with Gasteiger partial charge < -0.3 is 14.9 Å². The molecule has 0 atom stereocenters. The summed E-state index contributed by atoms with van der Waals surface area (Å²) in [4.78, 5) is 2.25. The van der Waals surface area contributed by atoms with Crippen LogP contribution in [0.2, 0.25) is 0 Å². The van der Waals surface area contributed by atoms with Gasteiger partial charge in [0.1, 0.15) is 0 Å². The molecule has 0 spiro atoms. The summed E-state index contributed by atoms with van der Waals surface area (Å²) in [6.45, 7) is 4.02. The molecule has 2 N–H and O–H groups in total. The average Bonchev–Trinajstić information content (AvgIpc) is 2.16. The van der Waals surface area contributed by atoms with Crippen LogP contribution in [0.4, 0.5) is 0 Å². The molecule has 1 aromatic rings. The molecule has 2 rings (SSSR count). The SMILES string of the molecule is Cc1cc(B(O)O)cc2c1CCN(C)C2. The fraction of sp³-hybridized carbons (Fsp3) is 0.455. The molecule has 1 aromatic carbocycles. The van der Waals surface area contributed by atoms with Crippen molar-refractivity contribution in [3.05, 3.63) is 28.8 Å². The van der Waals surface area contributed by atoms with Gasteiger partial charge in [-0.1, -0.05) is 12.1 Å². The number of fused-ring (bicyclic) bond motifs is 1. The van der Waals surface area contributed by atoms with Gasteiger partial charge in [-0.15, -0.1) is 0 Å². The van der Waals surface area contributed by atoms with Gasteiger partial charge in [-0.2, -0.15) is 0 Å². The Morgan fingerprint density at radius 2 is 2.07 bits per heavy atom. The van der Waals surface area contributed by atoms with E-state index in [0.29, 0.717) is 5.46 Å². The number of hydrogen-bond acceptors (Lipinski definition) is 3. The van der Waals surface area contributed by atoms with E-state index < -0.39 is 7.12 Å². The molecule has 4 heteroatoms. The molecular weight excluding hydrogens is 189 g/mol. The Hall–Kier alpha value is -0.835. The van der Waals surface area contributed by atoms with Crippen LogP contribution in [0, 0.1) is 6.92 Å². The molecule has 1 aliphatic heterocycles. The molecule has 0 amide bonds. The third kappa shape index (κ3) is 2.07. The van der Waals surface area contributed by atoms with Gasteiger partial charge in [0, 0.05) is 13.1 Å². The molecule has 0 aliphatic carbocycles. The molecule has 0 fully saturated rings. The van der Waals surface area contributed by atoms with Crippen molar-refractivity contribution in [3.63, 3.8) is 0 Å². The molecular formula is C11H16BNO2. The summed E-state index contributed by atoms with van der Waals surface area (Å²) in [6.07, 6.45) is 1.06. The predicted octanol–water partition coefficient (Wildman–Crippen LogP) is -0.337. The first-order chi connectivity index (χ1) is 7.08. The Labute approximate surface area is 90.5 Å². The van der Waals surface area contributed by atoms with E-state index in [0.717, 1.165) is 19.5 Å². The van der Waals surface area contributed by atoms with Gasteiger partial charge >= 0.3 is 7.12 Å². The maximum atomic E-state index is 9.16. The fourth-order valence-electron chi connectivity index (χ4n) is 2.24. The van der Waals surface area contributed by atoms with Gasteiger partial charge in [0.05, 0.1) is 0 Å². The summed E-state index contributed by atoms with van der Waals surface area (Å²) < 4.78 is 0. The minimum absolute atomic E-state index is 0.599. The highest BCUT2D eigenvalue weighted by atomic mass is 16.4. The van der Waals surface area contributed by atoms with Crippen molar-refractivity contribution < 1.29 is 10.0 Å². The van der Waals surface area contributed by atoms with Crippen molar-refractivity contribution in [2.75, 3.05) is 13.6 Å². The number of benzene rings is 1. The Morgan fingerprint density at radius 3 is 2.73 bits per heavy atom. The Kier molecular flexibility index (Phi) is 2.82. The second-order valence-electron chi connectivity index (χ2n) is 4.34. The first kappa shape index (κ1) is 10.7. The third-order valence-electron chi connectivity index (χ3n) is 3.07. The standard InChI is InChI=1S/C11H16BNO2/c1-8-5-10(12(14)15)6-9-7-13(2)4-3-11(8)9/h5-6,14-15H,3-4,7H2,1-2H3. The number of aryl methyl sites for hydroxylation is 1. The topological polar surface area (TPSA) is 43.7 Å². The van der Waals surface area contributed by atoms with Crippen LogP contribution in [0.3, 0.4) is 0 Å². The van der Waals surface area contributed by atoms with Gasteiger partial charge in [0.2, 0.25) is 0 Å². The van der Waals surface area contributed by atoms with Gasteiger partial charge in [0.25, 0.3) is 0 Å². The maximum Gasteiger partial charge on any atom is 0.488 e. The summed E-state index contributed by atoms with van der Waals surface area (Å²) in [5.41, 5.74) is 4.37. The maximum absolute atomic E-state index is 9.16. The second-order valence-corrected chi connectivity index (χ2v) is 4.34. The average molecular weight is 205 g/mol. The van der Waals surface area contributed by atoms with E-state index in [1.165, 1.54) is 16.7 Å². The molecule has 1 aliphatic rings. The highest BCUT2D eigenvalue weighted by molar-refractivity contribution is 6.58. The number of nitrogens with zero attached hydrogens (tertiary/aromatic N) is 1. The van der Waals surface area contributed by atoms with Crippen LogP contribution in [-0.2, 0) is 13.0 Å². The molecule has 0 aromatic heterocycles. The van der Waals surface area contributed by atoms with Crippen molar-refractivity contribution in [2.24, 2.45) is 0 Å². The highest BCUT2D eigenvalue weighted by Crippen LogP contribution is 2.20. The van der Waals surface area contributed by atoms with E-state index in [1.807, 2.05) is 19.1 Å². The normalized spacial score (nSPS) is 16.3. The van der Waals surface area contributed by atoms with Crippen molar-refractivity contribution in [1.29, 1.82) is 0 Å². The number of likely N-dealkylation sites (N-methyl/N-ethyl adjacent to an activating group) is 1. The summed E-state index contributed by atoms with van der Waals surface area (Å²) in [5.74, 6) is 0. The van der Waals surface area contributed by atoms with Crippen LogP contribution in [0.15, 0.2) is 12.1 Å². The van der Waals surface area contributed by atoms with Crippen LogP contribution in [0.1, 0.15) is 16.7 Å². The highest BCUT2D eigenvalue weighted by Gasteiger charge is 2.19. The lowest BCUT2D eigenvalue weighted by Crippen LogP contribution is -2.34. The lowest BCUT2D eigenvalue weighted by Gasteiger charge is -2.27. The van der Waals surface area contributed by atoms with Crippen molar-refractivity contribution in [3.8, 4) is 0 Å². The number of rotatable bonds is 1. The minimum atomic E-state index is -1.36. The first-order valence-electron chi connectivity index (χ1n) is 5.25. The summed E-state index contributed by atoms with van der Waals surface area (Å²) in [5, 5.41) is 18.3. The zero-order valence-corrected chi connectivity index (χ0v) is 9.20.